The van der Waals surface area contributed by atoms with E-state index in [0.717, 1.165) is 0 Å². The van der Waals surface area contributed by atoms with Crippen LogP contribution in [-0.2, 0) is 11.3 Å². The third-order valence-electron chi connectivity index (χ3n) is 2.25. The van der Waals surface area contributed by atoms with Crippen LogP contribution in [0.3, 0.4) is 0 Å². The standard InChI is InChI=1S/C11H9F3N4O/c12-11(13,14)10(19)17-9-3-1-2-8(4-9)5-18-7-15-6-16-18/h1-4,6-7H,5H2,(H,17,19). The van der Waals surface area contributed by atoms with Gasteiger partial charge in [-0.05, 0) is 17.7 Å². The van der Waals surface area contributed by atoms with Gasteiger partial charge in [0, 0.05) is 5.69 Å². The van der Waals surface area contributed by atoms with Gasteiger partial charge < -0.3 is 5.32 Å². The molecule has 2 rings (SSSR count). The molecule has 1 aromatic carbocycles. The molecule has 5 nitrogen and oxygen atoms in total. The first-order chi connectivity index (χ1) is 8.95. The summed E-state index contributed by atoms with van der Waals surface area (Å²) in [6.45, 7) is 0.357. The molecule has 19 heavy (non-hydrogen) atoms. The topological polar surface area (TPSA) is 59.8 Å². The number of nitrogens with zero attached hydrogens (tertiary/aromatic N) is 3. The lowest BCUT2D eigenvalue weighted by Gasteiger charge is -2.09. The Labute approximate surface area is 106 Å². The molecule has 0 saturated heterocycles. The summed E-state index contributed by atoms with van der Waals surface area (Å²) in [6, 6.07) is 6.10. The van der Waals surface area contributed by atoms with Crippen molar-refractivity contribution >= 4 is 11.6 Å². The van der Waals surface area contributed by atoms with Gasteiger partial charge in [-0.1, -0.05) is 12.1 Å². The average Bonchev–Trinajstić information content (AvgIpc) is 2.81. The minimum atomic E-state index is -4.90. The average molecular weight is 270 g/mol. The van der Waals surface area contributed by atoms with Gasteiger partial charge in [0.25, 0.3) is 0 Å². The second kappa shape index (κ2) is 5.09. The number of rotatable bonds is 3. The molecule has 0 unspecified atom stereocenters. The van der Waals surface area contributed by atoms with E-state index in [0.29, 0.717) is 12.1 Å². The number of anilines is 1. The zero-order chi connectivity index (χ0) is 13.9. The van der Waals surface area contributed by atoms with Gasteiger partial charge in [0.2, 0.25) is 0 Å². The molecule has 2 aromatic rings. The number of amides is 1. The lowest BCUT2D eigenvalue weighted by Crippen LogP contribution is -2.29. The Hall–Kier alpha value is -2.38. The fourth-order valence-electron chi connectivity index (χ4n) is 1.45. The van der Waals surface area contributed by atoms with Crippen LogP contribution in [0.2, 0.25) is 0 Å². The Balaban J connectivity index is 2.09. The maximum atomic E-state index is 12.1. The quantitative estimate of drug-likeness (QED) is 0.925. The van der Waals surface area contributed by atoms with Crippen molar-refractivity contribution in [3.05, 3.63) is 42.5 Å². The number of nitrogens with one attached hydrogen (secondary N) is 1. The minimum Gasteiger partial charge on any atom is -0.318 e. The maximum absolute atomic E-state index is 12.1. The zero-order valence-electron chi connectivity index (χ0n) is 9.55. The van der Waals surface area contributed by atoms with E-state index in [1.54, 1.807) is 17.4 Å². The second-order valence-corrected chi connectivity index (χ2v) is 3.75. The lowest BCUT2D eigenvalue weighted by atomic mass is 10.2. The molecule has 0 aliphatic rings. The zero-order valence-corrected chi connectivity index (χ0v) is 9.55. The summed E-state index contributed by atoms with van der Waals surface area (Å²) < 4.78 is 37.8. The molecule has 100 valence electrons. The highest BCUT2D eigenvalue weighted by atomic mass is 19.4. The van der Waals surface area contributed by atoms with Crippen molar-refractivity contribution in [1.29, 1.82) is 0 Å². The van der Waals surface area contributed by atoms with E-state index in [4.69, 9.17) is 0 Å². The van der Waals surface area contributed by atoms with Crippen molar-refractivity contribution in [1.82, 2.24) is 14.8 Å². The molecular formula is C11H9F3N4O. The summed E-state index contributed by atoms with van der Waals surface area (Å²) in [5, 5.41) is 5.67. The normalized spacial score (nSPS) is 11.3. The first kappa shape index (κ1) is 13.1. The van der Waals surface area contributed by atoms with Gasteiger partial charge in [-0.25, -0.2) is 9.67 Å². The van der Waals surface area contributed by atoms with E-state index in [-0.39, 0.29) is 5.69 Å². The molecule has 0 saturated carbocycles. The number of alkyl halides is 3. The van der Waals surface area contributed by atoms with Crippen molar-refractivity contribution in [2.45, 2.75) is 12.7 Å². The number of halogens is 3. The fraction of sp³-hybridized carbons (Fsp3) is 0.182. The molecule has 0 bridgehead atoms. The number of benzene rings is 1. The van der Waals surface area contributed by atoms with Crippen LogP contribution in [0.1, 0.15) is 5.56 Å². The van der Waals surface area contributed by atoms with Crippen molar-refractivity contribution in [3.63, 3.8) is 0 Å². The predicted molar refractivity (Wildman–Crippen MR) is 60.3 cm³/mol. The van der Waals surface area contributed by atoms with Crippen LogP contribution < -0.4 is 5.32 Å². The molecule has 0 aliphatic heterocycles. The number of aromatic nitrogens is 3. The summed E-state index contributed by atoms with van der Waals surface area (Å²) in [5.41, 5.74) is 0.783. The Kier molecular flexibility index (Phi) is 3.50. The van der Waals surface area contributed by atoms with Gasteiger partial charge in [-0.3, -0.25) is 4.79 Å². The highest BCUT2D eigenvalue weighted by Crippen LogP contribution is 2.19. The van der Waals surface area contributed by atoms with E-state index >= 15 is 0 Å². The molecular weight excluding hydrogens is 261 g/mol. The lowest BCUT2D eigenvalue weighted by molar-refractivity contribution is -0.167. The molecule has 0 atom stereocenters. The van der Waals surface area contributed by atoms with Gasteiger partial charge in [0.15, 0.2) is 0 Å². The summed E-state index contributed by atoms with van der Waals surface area (Å²) in [4.78, 5) is 14.6. The highest BCUT2D eigenvalue weighted by molar-refractivity contribution is 5.94. The van der Waals surface area contributed by atoms with Crippen LogP contribution >= 0.6 is 0 Å². The van der Waals surface area contributed by atoms with Crippen molar-refractivity contribution in [3.8, 4) is 0 Å². The number of carbonyl (C=O) groups is 1. The Morgan fingerprint density at radius 2 is 2.16 bits per heavy atom. The van der Waals surface area contributed by atoms with Crippen molar-refractivity contribution < 1.29 is 18.0 Å². The predicted octanol–water partition coefficient (Wildman–Crippen LogP) is 1.83. The molecule has 1 heterocycles. The summed E-state index contributed by atoms with van der Waals surface area (Å²) >= 11 is 0. The molecule has 0 fully saturated rings. The SMILES string of the molecule is O=C(Nc1cccc(Cn2cncn2)c1)C(F)(F)F. The van der Waals surface area contributed by atoms with Crippen LogP contribution in [0.15, 0.2) is 36.9 Å². The van der Waals surface area contributed by atoms with Crippen LogP contribution in [0.5, 0.6) is 0 Å². The van der Waals surface area contributed by atoms with Crippen LogP contribution in [0, 0.1) is 0 Å². The van der Waals surface area contributed by atoms with Crippen LogP contribution in [-0.4, -0.2) is 26.8 Å². The Morgan fingerprint density at radius 3 is 2.79 bits per heavy atom. The van der Waals surface area contributed by atoms with Crippen LogP contribution in [0.25, 0.3) is 0 Å². The van der Waals surface area contributed by atoms with E-state index in [1.807, 2.05) is 0 Å². The maximum Gasteiger partial charge on any atom is 0.471 e. The van der Waals surface area contributed by atoms with Gasteiger partial charge in [0.05, 0.1) is 6.54 Å². The molecule has 8 heteroatoms. The molecule has 1 amide bonds. The van der Waals surface area contributed by atoms with E-state index in [1.165, 1.54) is 29.5 Å². The Bertz CT molecular complexity index is 566. The third kappa shape index (κ3) is 3.54. The summed E-state index contributed by atoms with van der Waals surface area (Å²) in [6.07, 6.45) is -2.06. The molecule has 0 spiro atoms. The first-order valence-corrected chi connectivity index (χ1v) is 5.25. The van der Waals surface area contributed by atoms with Crippen molar-refractivity contribution in [2.24, 2.45) is 0 Å². The van der Waals surface area contributed by atoms with E-state index in [9.17, 15) is 18.0 Å². The smallest absolute Gasteiger partial charge is 0.318 e. The summed E-state index contributed by atoms with van der Waals surface area (Å²) in [7, 11) is 0. The molecule has 1 aromatic heterocycles. The fourth-order valence-corrected chi connectivity index (χ4v) is 1.45. The van der Waals surface area contributed by atoms with Gasteiger partial charge in [-0.2, -0.15) is 18.3 Å². The second-order valence-electron chi connectivity index (χ2n) is 3.75. The summed E-state index contributed by atoms with van der Waals surface area (Å²) in [5.74, 6) is -1.99. The first-order valence-electron chi connectivity index (χ1n) is 5.25. The Morgan fingerprint density at radius 1 is 1.37 bits per heavy atom. The van der Waals surface area contributed by atoms with Gasteiger partial charge in [0.1, 0.15) is 12.7 Å². The number of carbonyl (C=O) groups excluding carboxylic acids is 1. The van der Waals surface area contributed by atoms with E-state index in [2.05, 4.69) is 10.1 Å². The number of hydrogen-bond donors (Lipinski definition) is 1. The van der Waals surface area contributed by atoms with Gasteiger partial charge in [-0.15, -0.1) is 0 Å². The molecule has 0 aliphatic carbocycles. The largest absolute Gasteiger partial charge is 0.471 e. The highest BCUT2D eigenvalue weighted by Gasteiger charge is 2.38. The molecule has 1 N–H and O–H groups in total. The minimum absolute atomic E-state index is 0.0833. The molecule has 0 radical (unpaired) electrons. The number of hydrogen-bond acceptors (Lipinski definition) is 3. The van der Waals surface area contributed by atoms with Crippen molar-refractivity contribution in [2.75, 3.05) is 5.32 Å². The van der Waals surface area contributed by atoms with Crippen LogP contribution in [0.4, 0.5) is 18.9 Å². The van der Waals surface area contributed by atoms with Gasteiger partial charge >= 0.3 is 12.1 Å². The third-order valence-corrected chi connectivity index (χ3v) is 2.25. The monoisotopic (exact) mass is 270 g/mol. The van der Waals surface area contributed by atoms with E-state index < -0.39 is 12.1 Å².